The number of hydrogen-bond donors (Lipinski definition) is 4. The number of hydrogen-bond acceptors (Lipinski definition) is 4. The van der Waals surface area contributed by atoms with Crippen LogP contribution in [0.15, 0.2) is 30.3 Å². The second-order valence-corrected chi connectivity index (χ2v) is 5.81. The highest BCUT2D eigenvalue weighted by atomic mass is 35.5. The number of nitrogens with two attached hydrogens (primary N) is 1. The van der Waals surface area contributed by atoms with Gasteiger partial charge in [0.05, 0.1) is 20.6 Å². The fourth-order valence-electron chi connectivity index (χ4n) is 1.69. The highest BCUT2D eigenvalue weighted by Gasteiger charge is 2.11. The largest absolute Gasteiger partial charge is 0.465 e. The summed E-state index contributed by atoms with van der Waals surface area (Å²) in [7, 11) is 0. The standard InChI is InChI=1S/C13H12ClN3O3S/c14-10-5-4-9(21-10)12(18)16-6-7-2-1-3-8(11(7)15)17-13(19)20/h1-5,17H,6,15H2,(H,16,18)(H,19,20). The Balaban J connectivity index is 2.06. The number of carbonyl (C=O) groups excluding carboxylic acids is 1. The van der Waals surface area contributed by atoms with Gasteiger partial charge in [0.15, 0.2) is 0 Å². The highest BCUT2D eigenvalue weighted by Crippen LogP contribution is 2.24. The van der Waals surface area contributed by atoms with E-state index in [0.717, 1.165) is 0 Å². The Hall–Kier alpha value is -2.25. The minimum atomic E-state index is -1.20. The normalized spacial score (nSPS) is 10.1. The van der Waals surface area contributed by atoms with Crippen molar-refractivity contribution in [2.45, 2.75) is 6.54 Å². The molecule has 0 spiro atoms. The van der Waals surface area contributed by atoms with Crippen LogP contribution in [0, 0.1) is 0 Å². The van der Waals surface area contributed by atoms with Gasteiger partial charge in [-0.2, -0.15) is 0 Å². The predicted octanol–water partition coefficient (Wildman–Crippen LogP) is 3.00. The van der Waals surface area contributed by atoms with Crippen LogP contribution in [0.1, 0.15) is 15.2 Å². The number of amides is 2. The number of halogens is 1. The minimum absolute atomic E-state index is 0.190. The van der Waals surface area contributed by atoms with E-state index in [1.54, 1.807) is 30.3 Å². The molecule has 2 rings (SSSR count). The third kappa shape index (κ3) is 3.87. The SMILES string of the molecule is Nc1c(CNC(=O)c2ccc(Cl)s2)cccc1NC(=O)O. The summed E-state index contributed by atoms with van der Waals surface area (Å²) in [6.07, 6.45) is -1.20. The number of nitrogen functional groups attached to an aromatic ring is 1. The molecule has 0 saturated carbocycles. The number of nitrogens with one attached hydrogen (secondary N) is 2. The lowest BCUT2D eigenvalue weighted by molar-refractivity contribution is 0.0955. The summed E-state index contributed by atoms with van der Waals surface area (Å²) in [5.74, 6) is -0.261. The predicted molar refractivity (Wildman–Crippen MR) is 83.0 cm³/mol. The van der Waals surface area contributed by atoms with Gasteiger partial charge < -0.3 is 16.2 Å². The van der Waals surface area contributed by atoms with Crippen molar-refractivity contribution >= 4 is 46.3 Å². The Morgan fingerprint density at radius 2 is 2.05 bits per heavy atom. The maximum atomic E-state index is 11.9. The number of anilines is 2. The van der Waals surface area contributed by atoms with Gasteiger partial charge in [0.25, 0.3) is 5.91 Å². The highest BCUT2D eigenvalue weighted by molar-refractivity contribution is 7.17. The van der Waals surface area contributed by atoms with Crippen molar-refractivity contribution in [2.75, 3.05) is 11.1 Å². The molecule has 5 N–H and O–H groups in total. The molecule has 0 aliphatic carbocycles. The molecule has 2 amide bonds. The Morgan fingerprint density at radius 1 is 1.29 bits per heavy atom. The summed E-state index contributed by atoms with van der Waals surface area (Å²) in [6.45, 7) is 0.190. The van der Waals surface area contributed by atoms with E-state index in [9.17, 15) is 9.59 Å². The van der Waals surface area contributed by atoms with Crippen LogP contribution in [0.3, 0.4) is 0 Å². The van der Waals surface area contributed by atoms with Crippen LogP contribution >= 0.6 is 22.9 Å². The summed E-state index contributed by atoms with van der Waals surface area (Å²) >= 11 is 6.95. The van der Waals surface area contributed by atoms with Gasteiger partial charge in [-0.05, 0) is 23.8 Å². The van der Waals surface area contributed by atoms with E-state index in [-0.39, 0.29) is 23.8 Å². The summed E-state index contributed by atoms with van der Waals surface area (Å²) in [6, 6.07) is 8.20. The van der Waals surface area contributed by atoms with Crippen LogP contribution in [0.2, 0.25) is 4.34 Å². The van der Waals surface area contributed by atoms with E-state index in [1.165, 1.54) is 11.3 Å². The van der Waals surface area contributed by atoms with Crippen molar-refractivity contribution in [3.05, 3.63) is 45.1 Å². The molecule has 1 aromatic carbocycles. The molecule has 0 radical (unpaired) electrons. The first kappa shape index (κ1) is 15.1. The van der Waals surface area contributed by atoms with Gasteiger partial charge in [-0.25, -0.2) is 4.79 Å². The first-order valence-corrected chi connectivity index (χ1v) is 7.07. The lowest BCUT2D eigenvalue weighted by Crippen LogP contribution is -2.22. The molecule has 8 heteroatoms. The molecule has 21 heavy (non-hydrogen) atoms. The number of carboxylic acid groups (broad SMARTS) is 1. The topological polar surface area (TPSA) is 104 Å². The Bertz CT molecular complexity index is 687. The van der Waals surface area contributed by atoms with Crippen molar-refractivity contribution in [1.29, 1.82) is 0 Å². The van der Waals surface area contributed by atoms with E-state index in [1.807, 2.05) is 0 Å². The first-order chi connectivity index (χ1) is 9.97. The van der Waals surface area contributed by atoms with Crippen LogP contribution in [-0.2, 0) is 6.54 Å². The van der Waals surface area contributed by atoms with Crippen LogP contribution in [0.5, 0.6) is 0 Å². The van der Waals surface area contributed by atoms with Gasteiger partial charge in [-0.3, -0.25) is 10.1 Å². The minimum Gasteiger partial charge on any atom is -0.465 e. The molecule has 0 bridgehead atoms. The average Bonchev–Trinajstić information content (AvgIpc) is 2.86. The molecule has 0 aliphatic heterocycles. The monoisotopic (exact) mass is 325 g/mol. The molecule has 6 nitrogen and oxygen atoms in total. The van der Waals surface area contributed by atoms with Crippen LogP contribution in [-0.4, -0.2) is 17.1 Å². The van der Waals surface area contributed by atoms with Crippen molar-refractivity contribution in [3.8, 4) is 0 Å². The maximum absolute atomic E-state index is 11.9. The molecule has 0 unspecified atom stereocenters. The second-order valence-electron chi connectivity index (χ2n) is 4.09. The average molecular weight is 326 g/mol. The molecular formula is C13H12ClN3O3S. The molecule has 0 atom stereocenters. The van der Waals surface area contributed by atoms with Crippen molar-refractivity contribution in [3.63, 3.8) is 0 Å². The molecule has 110 valence electrons. The van der Waals surface area contributed by atoms with Crippen molar-refractivity contribution < 1.29 is 14.7 Å². The van der Waals surface area contributed by atoms with Crippen molar-refractivity contribution in [2.24, 2.45) is 0 Å². The van der Waals surface area contributed by atoms with Gasteiger partial charge >= 0.3 is 6.09 Å². The van der Waals surface area contributed by atoms with Gasteiger partial charge in [-0.1, -0.05) is 23.7 Å². The lowest BCUT2D eigenvalue weighted by atomic mass is 10.1. The zero-order valence-electron chi connectivity index (χ0n) is 10.7. The maximum Gasteiger partial charge on any atom is 0.409 e. The molecule has 1 heterocycles. The fourth-order valence-corrected chi connectivity index (χ4v) is 2.65. The van der Waals surface area contributed by atoms with Crippen LogP contribution in [0.4, 0.5) is 16.2 Å². The van der Waals surface area contributed by atoms with Gasteiger partial charge in [0.2, 0.25) is 0 Å². The Labute approximate surface area is 129 Å². The number of benzene rings is 1. The fraction of sp³-hybridized carbons (Fsp3) is 0.0769. The van der Waals surface area contributed by atoms with Crippen molar-refractivity contribution in [1.82, 2.24) is 5.32 Å². The molecule has 2 aromatic rings. The van der Waals surface area contributed by atoms with Crippen LogP contribution < -0.4 is 16.4 Å². The van der Waals surface area contributed by atoms with E-state index >= 15 is 0 Å². The van der Waals surface area contributed by atoms with Crippen LogP contribution in [0.25, 0.3) is 0 Å². The number of carbonyl (C=O) groups is 2. The second kappa shape index (κ2) is 6.47. The van der Waals surface area contributed by atoms with Gasteiger partial charge in [-0.15, -0.1) is 11.3 Å². The molecular weight excluding hydrogens is 314 g/mol. The quantitative estimate of drug-likeness (QED) is 0.648. The van der Waals surface area contributed by atoms with Gasteiger partial charge in [0, 0.05) is 6.54 Å². The number of rotatable bonds is 4. The Kier molecular flexibility index (Phi) is 4.66. The third-order valence-electron chi connectivity index (χ3n) is 2.67. The van der Waals surface area contributed by atoms with E-state index in [4.69, 9.17) is 22.4 Å². The van der Waals surface area contributed by atoms with E-state index in [0.29, 0.717) is 14.8 Å². The number of para-hydroxylation sites is 1. The molecule has 0 saturated heterocycles. The van der Waals surface area contributed by atoms with Gasteiger partial charge in [0.1, 0.15) is 0 Å². The summed E-state index contributed by atoms with van der Waals surface area (Å²) in [5, 5.41) is 13.6. The Morgan fingerprint density at radius 3 is 2.67 bits per heavy atom. The number of thiophene rings is 1. The zero-order chi connectivity index (χ0) is 15.4. The van der Waals surface area contributed by atoms with E-state index < -0.39 is 6.09 Å². The molecule has 1 aromatic heterocycles. The molecule has 0 fully saturated rings. The third-order valence-corrected chi connectivity index (χ3v) is 3.90. The summed E-state index contributed by atoms with van der Waals surface area (Å²) in [4.78, 5) is 23.0. The first-order valence-electron chi connectivity index (χ1n) is 5.88. The summed E-state index contributed by atoms with van der Waals surface area (Å²) in [5.41, 5.74) is 7.05. The lowest BCUT2D eigenvalue weighted by Gasteiger charge is -2.11. The molecule has 0 aliphatic rings. The summed E-state index contributed by atoms with van der Waals surface area (Å²) < 4.78 is 0.535. The smallest absolute Gasteiger partial charge is 0.409 e. The zero-order valence-corrected chi connectivity index (χ0v) is 12.3. The van der Waals surface area contributed by atoms with E-state index in [2.05, 4.69) is 10.6 Å².